The quantitative estimate of drug-likeness (QED) is 0.464. The zero-order valence-electron chi connectivity index (χ0n) is 4.15. The van der Waals surface area contributed by atoms with Crippen LogP contribution in [-0.4, -0.2) is 37.7 Å². The van der Waals surface area contributed by atoms with Crippen LogP contribution in [0.2, 0.25) is 0 Å². The molecule has 0 amide bonds. The smallest absolute Gasteiger partial charge is 1.00 e. The first-order chi connectivity index (χ1) is 0. The summed E-state index contributed by atoms with van der Waals surface area (Å²) >= 11 is 0. The van der Waals surface area contributed by atoms with Crippen molar-refractivity contribution in [3.63, 3.8) is 0 Å². The van der Waals surface area contributed by atoms with Crippen LogP contribution in [0.15, 0.2) is 0 Å². The Balaban J connectivity index is 0. The van der Waals surface area contributed by atoms with E-state index in [1.165, 1.54) is 0 Å². The fourth-order valence-electron chi connectivity index (χ4n) is 0. The van der Waals surface area contributed by atoms with E-state index in [-0.39, 0.29) is 103 Å². The molecule has 1 radical (unpaired) electrons. The second-order valence-electron chi connectivity index (χ2n) is 0. The van der Waals surface area contributed by atoms with Gasteiger partial charge in [-0.3, -0.25) is 0 Å². The van der Waals surface area contributed by atoms with Crippen molar-refractivity contribution >= 4 is 37.7 Å². The Bertz CT molecular complexity index is 11.5. The van der Waals surface area contributed by atoms with Gasteiger partial charge >= 0.3 is 37.7 Å². The molecule has 0 spiro atoms. The van der Waals surface area contributed by atoms with Crippen molar-refractivity contribution in [1.82, 2.24) is 0 Å². The van der Waals surface area contributed by atoms with Crippen LogP contribution in [0.5, 0.6) is 0 Å². The molecule has 0 aromatic carbocycles. The summed E-state index contributed by atoms with van der Waals surface area (Å²) in [5.74, 6) is 0. The third kappa shape index (κ3) is 8.99. The van der Waals surface area contributed by atoms with Gasteiger partial charge in [0.25, 0.3) is 0 Å². The Hall–Kier alpha value is 3.27. The summed E-state index contributed by atoms with van der Waals surface area (Å²) in [5.41, 5.74) is 0. The van der Waals surface area contributed by atoms with E-state index in [2.05, 4.69) is 0 Å². The van der Waals surface area contributed by atoms with E-state index in [1.807, 2.05) is 0 Å². The van der Waals surface area contributed by atoms with Gasteiger partial charge < -0.3 is 2.85 Å². The molecule has 4 heteroatoms. The molecule has 0 aromatic heterocycles. The van der Waals surface area contributed by atoms with E-state index in [9.17, 15) is 0 Å². The van der Waals surface area contributed by atoms with Gasteiger partial charge in [-0.2, -0.15) is 0 Å². The molecule has 0 aromatic rings. The van der Waals surface area contributed by atoms with Crippen LogP contribution in [0.1, 0.15) is 2.85 Å². The predicted molar refractivity (Wildman–Crippen MR) is 7.98 cm³/mol. The third-order valence-electron chi connectivity index (χ3n) is 0. The van der Waals surface area contributed by atoms with Crippen LogP contribution in [0.25, 0.3) is 0 Å². The first kappa shape index (κ1) is 26.7. The molecule has 0 N–H and O–H groups in total. The van der Waals surface area contributed by atoms with Gasteiger partial charge in [-0.25, -0.2) is 0 Å². The van der Waals surface area contributed by atoms with Crippen molar-refractivity contribution < 1.29 is 64.8 Å². The van der Waals surface area contributed by atoms with Gasteiger partial charge in [-0.15, -0.1) is 0 Å². The van der Waals surface area contributed by atoms with Gasteiger partial charge in [0.1, 0.15) is 0 Å². The molecule has 0 saturated heterocycles. The molecule has 0 rings (SSSR count). The van der Waals surface area contributed by atoms with Crippen molar-refractivity contribution in [3.05, 3.63) is 0 Å². The van der Waals surface area contributed by atoms with Crippen LogP contribution >= 0.6 is 0 Å². The van der Waals surface area contributed by atoms with Gasteiger partial charge in [-0.05, 0) is 0 Å². The molecule has 0 bridgehead atoms. The summed E-state index contributed by atoms with van der Waals surface area (Å²) in [6.07, 6.45) is 0. The minimum atomic E-state index is 0. The number of hydrogen-bond acceptors (Lipinski definition) is 0. The zero-order valence-corrected chi connectivity index (χ0v) is 8.88. The molecule has 0 aliphatic rings. The minimum Gasteiger partial charge on any atom is -1.00 e. The monoisotopic (exact) mass is 189 g/mol. The predicted octanol–water partition coefficient (Wildman–Crippen LogP) is -0.163. The van der Waals surface area contributed by atoms with Crippen molar-refractivity contribution in [2.45, 2.75) is 0 Å². The first-order valence-electron chi connectivity index (χ1n) is 0. The van der Waals surface area contributed by atoms with E-state index in [0.717, 1.165) is 0 Å². The fraction of sp³-hybridized carbons (Fsp3) is 0. The molecule has 0 aliphatic heterocycles. The maximum Gasteiger partial charge on any atom is 2.00 e. The maximum atomic E-state index is 0. The van der Waals surface area contributed by atoms with Crippen LogP contribution in [0.4, 0.5) is 0 Å². The molecule has 0 nitrogen and oxygen atoms in total. The van der Waals surface area contributed by atoms with Gasteiger partial charge in [0.2, 0.25) is 0 Å². The molecular formula is H2CaTi2V. The van der Waals surface area contributed by atoms with E-state index >= 15 is 0 Å². The first-order valence-corrected chi connectivity index (χ1v) is 0. The molecule has 0 unspecified atom stereocenters. The standard InChI is InChI=1S/Ca.2Ti.V.2H/q+2;;;;2*-1. The molecular weight excluding hydrogens is 187 g/mol. The molecule has 0 atom stereocenters. The van der Waals surface area contributed by atoms with E-state index in [1.54, 1.807) is 0 Å². The van der Waals surface area contributed by atoms with Crippen LogP contribution < -0.4 is 0 Å². The van der Waals surface area contributed by atoms with Gasteiger partial charge in [0.05, 0.1) is 0 Å². The SMILES string of the molecule is [Ca+2].[H-].[H-].[Ti].[Ti].[V]. The van der Waals surface area contributed by atoms with Crippen molar-refractivity contribution in [3.8, 4) is 0 Å². The maximum absolute atomic E-state index is 0. The van der Waals surface area contributed by atoms with Crippen molar-refractivity contribution in [1.29, 1.82) is 0 Å². The number of hydrogen-bond donors (Lipinski definition) is 0. The molecule has 4 heavy (non-hydrogen) atoms. The summed E-state index contributed by atoms with van der Waals surface area (Å²) < 4.78 is 0. The number of rotatable bonds is 0. The van der Waals surface area contributed by atoms with E-state index in [4.69, 9.17) is 0 Å². The summed E-state index contributed by atoms with van der Waals surface area (Å²) in [4.78, 5) is 0. The summed E-state index contributed by atoms with van der Waals surface area (Å²) in [5, 5.41) is 0. The Morgan fingerprint density at radius 3 is 1.00 bits per heavy atom. The largest absolute Gasteiger partial charge is 2.00 e. The van der Waals surface area contributed by atoms with E-state index < -0.39 is 0 Å². The summed E-state index contributed by atoms with van der Waals surface area (Å²) in [7, 11) is 0. The third-order valence-corrected chi connectivity index (χ3v) is 0. The second-order valence-corrected chi connectivity index (χ2v) is 0. The van der Waals surface area contributed by atoms with Crippen molar-refractivity contribution in [2.24, 2.45) is 0 Å². The summed E-state index contributed by atoms with van der Waals surface area (Å²) in [6.45, 7) is 0. The molecule has 0 saturated carbocycles. The van der Waals surface area contributed by atoms with Gasteiger partial charge in [0, 0.05) is 62.0 Å². The molecule has 0 aliphatic carbocycles. The average Bonchev–Trinajstić information content (AvgIpc) is 0. The van der Waals surface area contributed by atoms with Gasteiger partial charge in [0.15, 0.2) is 0 Å². The zero-order chi connectivity index (χ0) is 0. The molecule has 0 heterocycles. The Kier molecular flexibility index (Phi) is 109. The minimum absolute atomic E-state index is 0. The van der Waals surface area contributed by atoms with Crippen LogP contribution in [-0.2, 0) is 62.0 Å². The average molecular weight is 189 g/mol. The molecule has 17 valence electrons. The Morgan fingerprint density at radius 2 is 1.00 bits per heavy atom. The van der Waals surface area contributed by atoms with Gasteiger partial charge in [-0.1, -0.05) is 0 Å². The second kappa shape index (κ2) is 16.3. The van der Waals surface area contributed by atoms with Crippen molar-refractivity contribution in [2.75, 3.05) is 0 Å². The Labute approximate surface area is 100 Å². The normalized spacial score (nSPS) is 0. The van der Waals surface area contributed by atoms with E-state index in [0.29, 0.717) is 0 Å². The van der Waals surface area contributed by atoms with Crippen LogP contribution in [0.3, 0.4) is 0 Å². The topological polar surface area (TPSA) is 0 Å². The fourth-order valence-corrected chi connectivity index (χ4v) is 0. The summed E-state index contributed by atoms with van der Waals surface area (Å²) in [6, 6.07) is 0. The molecule has 0 fully saturated rings. The van der Waals surface area contributed by atoms with Crippen LogP contribution in [0, 0.1) is 0 Å². The Morgan fingerprint density at radius 1 is 1.00 bits per heavy atom.